The normalized spacial score (nSPS) is 10.6. The number of hydrogen-bond donors (Lipinski definition) is 2. The standard InChI is InChI=1S/C25H23N5O2S/c1-18-11-13-19(14-12-18)15-26-24(32)21-9-5-6-10-22(21)28-23(31)16-33-25-29-27-17-30(25)20-7-3-2-4-8-20/h2-14,17H,15-16H2,1H3,(H,26,32)(H,28,31). The van der Waals surface area contributed by atoms with E-state index >= 15 is 0 Å². The highest BCUT2D eigenvalue weighted by Gasteiger charge is 2.15. The lowest BCUT2D eigenvalue weighted by Gasteiger charge is -2.12. The highest BCUT2D eigenvalue weighted by molar-refractivity contribution is 7.99. The molecule has 0 aliphatic heterocycles. The first kappa shape index (κ1) is 22.3. The molecule has 0 bridgehead atoms. The molecule has 0 unspecified atom stereocenters. The molecule has 0 spiro atoms. The lowest BCUT2D eigenvalue weighted by Crippen LogP contribution is -2.25. The minimum atomic E-state index is -0.247. The van der Waals surface area contributed by atoms with Crippen LogP contribution in [0.2, 0.25) is 0 Å². The molecule has 1 aromatic heterocycles. The van der Waals surface area contributed by atoms with Crippen LogP contribution in [0.1, 0.15) is 21.5 Å². The first-order chi connectivity index (χ1) is 16.1. The third kappa shape index (κ3) is 5.87. The lowest BCUT2D eigenvalue weighted by atomic mass is 10.1. The highest BCUT2D eigenvalue weighted by Crippen LogP contribution is 2.21. The average Bonchev–Trinajstić information content (AvgIpc) is 3.32. The van der Waals surface area contributed by atoms with E-state index in [1.807, 2.05) is 66.1 Å². The van der Waals surface area contributed by atoms with Crippen LogP contribution in [0.3, 0.4) is 0 Å². The largest absolute Gasteiger partial charge is 0.348 e. The molecule has 33 heavy (non-hydrogen) atoms. The van der Waals surface area contributed by atoms with Crippen LogP contribution in [0, 0.1) is 6.92 Å². The first-order valence-electron chi connectivity index (χ1n) is 10.4. The van der Waals surface area contributed by atoms with Crippen molar-refractivity contribution in [3.8, 4) is 5.69 Å². The quantitative estimate of drug-likeness (QED) is 0.387. The van der Waals surface area contributed by atoms with Crippen LogP contribution in [-0.4, -0.2) is 32.3 Å². The van der Waals surface area contributed by atoms with Gasteiger partial charge < -0.3 is 10.6 Å². The minimum Gasteiger partial charge on any atom is -0.348 e. The Morgan fingerprint density at radius 3 is 2.45 bits per heavy atom. The zero-order valence-corrected chi connectivity index (χ0v) is 18.9. The number of amides is 2. The van der Waals surface area contributed by atoms with Crippen molar-refractivity contribution in [3.05, 3.63) is 102 Å². The molecule has 8 heteroatoms. The van der Waals surface area contributed by atoms with Gasteiger partial charge in [0, 0.05) is 12.2 Å². The Balaban J connectivity index is 1.37. The molecule has 4 aromatic rings. The number of benzene rings is 3. The van der Waals surface area contributed by atoms with Gasteiger partial charge in [-0.2, -0.15) is 0 Å². The highest BCUT2D eigenvalue weighted by atomic mass is 32.2. The number of carbonyl (C=O) groups is 2. The second-order valence-electron chi connectivity index (χ2n) is 7.37. The zero-order chi connectivity index (χ0) is 23.0. The SMILES string of the molecule is Cc1ccc(CNC(=O)c2ccccc2NC(=O)CSc2nncn2-c2ccccc2)cc1. The van der Waals surface area contributed by atoms with E-state index < -0.39 is 0 Å². The summed E-state index contributed by atoms with van der Waals surface area (Å²) in [5.41, 5.74) is 3.97. The summed E-state index contributed by atoms with van der Waals surface area (Å²) in [6.07, 6.45) is 1.61. The van der Waals surface area contributed by atoms with Crippen LogP contribution < -0.4 is 10.6 Å². The molecule has 0 aliphatic rings. The number of nitrogens with zero attached hydrogens (tertiary/aromatic N) is 3. The molecule has 0 aliphatic carbocycles. The molecule has 2 amide bonds. The fraction of sp³-hybridized carbons (Fsp3) is 0.120. The number of para-hydroxylation sites is 2. The number of thioether (sulfide) groups is 1. The van der Waals surface area contributed by atoms with Gasteiger partial charge in [-0.3, -0.25) is 14.2 Å². The van der Waals surface area contributed by atoms with Crippen LogP contribution in [0.4, 0.5) is 5.69 Å². The summed E-state index contributed by atoms with van der Waals surface area (Å²) < 4.78 is 1.82. The topological polar surface area (TPSA) is 88.9 Å². The number of carbonyl (C=O) groups excluding carboxylic acids is 2. The maximum absolute atomic E-state index is 12.7. The van der Waals surface area contributed by atoms with Gasteiger partial charge in [-0.15, -0.1) is 10.2 Å². The summed E-state index contributed by atoms with van der Waals surface area (Å²) in [7, 11) is 0. The summed E-state index contributed by atoms with van der Waals surface area (Å²) in [4.78, 5) is 25.4. The van der Waals surface area contributed by atoms with Crippen molar-refractivity contribution in [3.63, 3.8) is 0 Å². The van der Waals surface area contributed by atoms with Crippen LogP contribution in [0.15, 0.2) is 90.3 Å². The van der Waals surface area contributed by atoms with Gasteiger partial charge in [0.1, 0.15) is 6.33 Å². The summed E-state index contributed by atoms with van der Waals surface area (Å²) in [5, 5.41) is 14.4. The van der Waals surface area contributed by atoms with Crippen LogP contribution in [0.25, 0.3) is 5.69 Å². The fourth-order valence-corrected chi connectivity index (χ4v) is 3.91. The molecule has 0 saturated heterocycles. The first-order valence-corrected chi connectivity index (χ1v) is 11.4. The van der Waals surface area contributed by atoms with Gasteiger partial charge in [0.2, 0.25) is 5.91 Å². The van der Waals surface area contributed by atoms with E-state index in [-0.39, 0.29) is 17.6 Å². The zero-order valence-electron chi connectivity index (χ0n) is 18.1. The van der Waals surface area contributed by atoms with Gasteiger partial charge in [-0.05, 0) is 36.8 Å². The minimum absolute atomic E-state index is 0.130. The molecule has 1 heterocycles. The van der Waals surface area contributed by atoms with Crippen molar-refractivity contribution >= 4 is 29.3 Å². The fourth-order valence-electron chi connectivity index (χ4n) is 3.18. The molecule has 7 nitrogen and oxygen atoms in total. The molecule has 0 atom stereocenters. The average molecular weight is 458 g/mol. The number of aryl methyl sites for hydroxylation is 1. The van der Waals surface area contributed by atoms with Crippen molar-refractivity contribution < 1.29 is 9.59 Å². The second-order valence-corrected chi connectivity index (χ2v) is 8.31. The van der Waals surface area contributed by atoms with Crippen LogP contribution >= 0.6 is 11.8 Å². The molecule has 166 valence electrons. The predicted molar refractivity (Wildman–Crippen MR) is 130 cm³/mol. The molecular formula is C25H23N5O2S. The Morgan fingerprint density at radius 2 is 1.67 bits per heavy atom. The Labute approximate surface area is 196 Å². The van der Waals surface area contributed by atoms with Gasteiger partial charge in [0.25, 0.3) is 5.91 Å². The van der Waals surface area contributed by atoms with E-state index in [1.165, 1.54) is 11.8 Å². The van der Waals surface area contributed by atoms with E-state index in [9.17, 15) is 9.59 Å². The number of nitrogens with one attached hydrogen (secondary N) is 2. The van der Waals surface area contributed by atoms with Gasteiger partial charge in [0.15, 0.2) is 5.16 Å². The van der Waals surface area contributed by atoms with Crippen molar-refractivity contribution in [2.45, 2.75) is 18.6 Å². The van der Waals surface area contributed by atoms with Gasteiger partial charge >= 0.3 is 0 Å². The molecule has 0 radical (unpaired) electrons. The van der Waals surface area contributed by atoms with E-state index in [0.29, 0.717) is 23.0 Å². The van der Waals surface area contributed by atoms with E-state index in [1.54, 1.807) is 30.6 Å². The van der Waals surface area contributed by atoms with Gasteiger partial charge in [-0.1, -0.05) is 71.9 Å². The maximum Gasteiger partial charge on any atom is 0.253 e. The molecule has 0 saturated carbocycles. The van der Waals surface area contributed by atoms with Crippen LogP contribution in [-0.2, 0) is 11.3 Å². The lowest BCUT2D eigenvalue weighted by molar-refractivity contribution is -0.113. The number of aromatic nitrogens is 3. The summed E-state index contributed by atoms with van der Waals surface area (Å²) >= 11 is 1.28. The van der Waals surface area contributed by atoms with Gasteiger partial charge in [-0.25, -0.2) is 0 Å². The molecule has 4 rings (SSSR count). The van der Waals surface area contributed by atoms with Gasteiger partial charge in [0.05, 0.1) is 17.0 Å². The van der Waals surface area contributed by atoms with E-state index in [4.69, 9.17) is 0 Å². The smallest absolute Gasteiger partial charge is 0.253 e. The second kappa shape index (κ2) is 10.6. The predicted octanol–water partition coefficient (Wildman–Crippen LogP) is 4.24. The molecular weight excluding hydrogens is 434 g/mol. The third-order valence-electron chi connectivity index (χ3n) is 4.90. The summed E-state index contributed by atoms with van der Waals surface area (Å²) in [6, 6.07) is 24.6. The van der Waals surface area contributed by atoms with Crippen molar-refractivity contribution in [2.24, 2.45) is 0 Å². The molecule has 2 N–H and O–H groups in total. The number of anilines is 1. The maximum atomic E-state index is 12.7. The Kier molecular flexibility index (Phi) is 7.16. The monoisotopic (exact) mass is 457 g/mol. The van der Waals surface area contributed by atoms with Crippen molar-refractivity contribution in [1.82, 2.24) is 20.1 Å². The Bertz CT molecular complexity index is 1240. The summed E-state index contributed by atoms with van der Waals surface area (Å²) in [6.45, 7) is 2.43. The van der Waals surface area contributed by atoms with Crippen molar-refractivity contribution in [1.29, 1.82) is 0 Å². The number of hydrogen-bond acceptors (Lipinski definition) is 5. The molecule has 0 fully saturated rings. The van der Waals surface area contributed by atoms with E-state index in [0.717, 1.165) is 16.8 Å². The Morgan fingerprint density at radius 1 is 0.939 bits per heavy atom. The summed E-state index contributed by atoms with van der Waals surface area (Å²) in [5.74, 6) is -0.352. The number of rotatable bonds is 8. The van der Waals surface area contributed by atoms with E-state index in [2.05, 4.69) is 20.8 Å². The van der Waals surface area contributed by atoms with Crippen LogP contribution in [0.5, 0.6) is 0 Å². The Hall–Kier alpha value is -3.91. The third-order valence-corrected chi connectivity index (χ3v) is 5.85. The molecule has 3 aromatic carbocycles. The van der Waals surface area contributed by atoms with Crippen molar-refractivity contribution in [2.75, 3.05) is 11.1 Å².